The van der Waals surface area contributed by atoms with Crippen molar-refractivity contribution in [2.24, 2.45) is 0 Å². The highest BCUT2D eigenvalue weighted by Crippen LogP contribution is 2.33. The van der Waals surface area contributed by atoms with E-state index in [0.29, 0.717) is 30.2 Å². The van der Waals surface area contributed by atoms with Crippen molar-refractivity contribution in [3.8, 4) is 17.2 Å². The zero-order valence-electron chi connectivity index (χ0n) is 20.9. The van der Waals surface area contributed by atoms with Gasteiger partial charge in [-0.2, -0.15) is 0 Å². The van der Waals surface area contributed by atoms with Crippen LogP contribution >= 0.6 is 0 Å². The lowest BCUT2D eigenvalue weighted by Gasteiger charge is -2.27. The summed E-state index contributed by atoms with van der Waals surface area (Å²) in [6, 6.07) is 21.8. The van der Waals surface area contributed by atoms with Crippen molar-refractivity contribution in [1.82, 2.24) is 4.90 Å². The highest BCUT2D eigenvalue weighted by Gasteiger charge is 2.27. The largest absolute Gasteiger partial charge is 0.496 e. The predicted octanol–water partition coefficient (Wildman–Crippen LogP) is 5.07. The molecule has 0 radical (unpaired) electrons. The maximum Gasteiger partial charge on any atom is 0.258 e. The minimum atomic E-state index is -0.0778. The number of hydrogen-bond donors (Lipinski definition) is 0. The van der Waals surface area contributed by atoms with Crippen LogP contribution in [0, 0.1) is 0 Å². The van der Waals surface area contributed by atoms with Gasteiger partial charge in [-0.3, -0.25) is 4.79 Å². The lowest BCUT2D eigenvalue weighted by molar-refractivity contribution is 0.0504. The van der Waals surface area contributed by atoms with Crippen LogP contribution in [0.25, 0.3) is 0 Å². The first-order valence-electron chi connectivity index (χ1n) is 12.6. The minimum Gasteiger partial charge on any atom is -0.496 e. The number of fused-ring (bicyclic) bond motifs is 1. The second kappa shape index (κ2) is 11.0. The Morgan fingerprint density at radius 2 is 1.64 bits per heavy atom. The quantitative estimate of drug-likeness (QED) is 0.422. The first-order valence-corrected chi connectivity index (χ1v) is 12.6. The second-order valence-electron chi connectivity index (χ2n) is 9.42. The van der Waals surface area contributed by atoms with Crippen LogP contribution in [0.4, 0.5) is 0 Å². The fraction of sp³-hybridized carbons (Fsp3) is 0.367. The lowest BCUT2D eigenvalue weighted by atomic mass is 10.1. The van der Waals surface area contributed by atoms with Crippen LogP contribution < -0.4 is 14.2 Å². The van der Waals surface area contributed by atoms with Gasteiger partial charge in [-0.25, -0.2) is 0 Å². The Balaban J connectivity index is 1.34. The number of ether oxygens (including phenoxy) is 4. The van der Waals surface area contributed by atoms with Gasteiger partial charge in [0.05, 0.1) is 25.9 Å². The number of carbonyl (C=O) groups excluding carboxylic acids is 1. The summed E-state index contributed by atoms with van der Waals surface area (Å²) in [5, 5.41) is 0. The van der Waals surface area contributed by atoms with Gasteiger partial charge >= 0.3 is 0 Å². The Kier molecular flexibility index (Phi) is 7.42. The molecule has 1 fully saturated rings. The summed E-state index contributed by atoms with van der Waals surface area (Å²) in [6.45, 7) is 1.70. The third-order valence-corrected chi connectivity index (χ3v) is 6.98. The zero-order valence-corrected chi connectivity index (χ0v) is 20.9. The number of rotatable bonds is 9. The topological polar surface area (TPSA) is 57.2 Å². The molecule has 1 atom stereocenters. The second-order valence-corrected chi connectivity index (χ2v) is 9.42. The molecule has 0 bridgehead atoms. The van der Waals surface area contributed by atoms with Crippen molar-refractivity contribution in [3.63, 3.8) is 0 Å². The van der Waals surface area contributed by atoms with Crippen LogP contribution in [0.2, 0.25) is 0 Å². The molecule has 188 valence electrons. The zero-order chi connectivity index (χ0) is 24.9. The number of benzene rings is 3. The Morgan fingerprint density at radius 1 is 0.917 bits per heavy atom. The van der Waals surface area contributed by atoms with E-state index >= 15 is 0 Å². The molecule has 1 unspecified atom stereocenters. The molecule has 1 heterocycles. The Morgan fingerprint density at radius 3 is 2.33 bits per heavy atom. The molecule has 1 amide bonds. The number of para-hydroxylation sites is 1. The number of hydrogen-bond acceptors (Lipinski definition) is 5. The molecule has 5 rings (SSSR count). The summed E-state index contributed by atoms with van der Waals surface area (Å²) in [5.74, 6) is 1.88. The van der Waals surface area contributed by atoms with E-state index < -0.39 is 0 Å². The van der Waals surface area contributed by atoms with Gasteiger partial charge in [0.1, 0.15) is 11.9 Å². The highest BCUT2D eigenvalue weighted by atomic mass is 16.5. The number of methoxy groups -OCH3 is 2. The van der Waals surface area contributed by atoms with Crippen LogP contribution in [0.1, 0.15) is 39.9 Å². The fourth-order valence-corrected chi connectivity index (χ4v) is 5.15. The van der Waals surface area contributed by atoms with Crippen LogP contribution in [-0.2, 0) is 24.1 Å². The summed E-state index contributed by atoms with van der Waals surface area (Å²) < 4.78 is 23.4. The van der Waals surface area contributed by atoms with E-state index in [-0.39, 0.29) is 18.1 Å². The summed E-state index contributed by atoms with van der Waals surface area (Å²) in [4.78, 5) is 15.5. The van der Waals surface area contributed by atoms with Gasteiger partial charge in [0, 0.05) is 32.5 Å². The molecule has 1 saturated heterocycles. The summed E-state index contributed by atoms with van der Waals surface area (Å²) in [5.41, 5.74) is 4.20. The first kappa shape index (κ1) is 24.2. The van der Waals surface area contributed by atoms with Gasteiger partial charge in [0.15, 0.2) is 11.5 Å². The van der Waals surface area contributed by atoms with Crippen molar-refractivity contribution in [2.75, 3.05) is 27.4 Å². The van der Waals surface area contributed by atoms with E-state index in [9.17, 15) is 4.79 Å². The van der Waals surface area contributed by atoms with Gasteiger partial charge < -0.3 is 23.8 Å². The predicted molar refractivity (Wildman–Crippen MR) is 138 cm³/mol. The SMILES string of the molecule is COc1cc(CN(CC2CCCO2)C(=O)c2ccccc2OC)ccc1OC1Cc2ccccc2C1. The van der Waals surface area contributed by atoms with Crippen LogP contribution in [0.5, 0.6) is 17.2 Å². The normalized spacial score (nSPS) is 17.0. The third-order valence-electron chi connectivity index (χ3n) is 6.98. The lowest BCUT2D eigenvalue weighted by Crippen LogP contribution is -2.37. The maximum atomic E-state index is 13.6. The van der Waals surface area contributed by atoms with Gasteiger partial charge in [-0.05, 0) is 53.8 Å². The van der Waals surface area contributed by atoms with E-state index in [0.717, 1.165) is 43.6 Å². The maximum absolute atomic E-state index is 13.6. The first-order chi connectivity index (χ1) is 17.6. The van der Waals surface area contributed by atoms with E-state index in [1.165, 1.54) is 11.1 Å². The van der Waals surface area contributed by atoms with Gasteiger partial charge in [-0.15, -0.1) is 0 Å². The molecule has 3 aromatic carbocycles. The minimum absolute atomic E-state index is 0.0390. The molecule has 1 aliphatic carbocycles. The highest BCUT2D eigenvalue weighted by molar-refractivity contribution is 5.97. The van der Waals surface area contributed by atoms with E-state index in [1.807, 2.05) is 41.3 Å². The van der Waals surface area contributed by atoms with E-state index in [2.05, 4.69) is 24.3 Å². The van der Waals surface area contributed by atoms with Gasteiger partial charge in [0.25, 0.3) is 5.91 Å². The van der Waals surface area contributed by atoms with Gasteiger partial charge in [-0.1, -0.05) is 42.5 Å². The molecular formula is C30H33NO5. The van der Waals surface area contributed by atoms with Gasteiger partial charge in [0.2, 0.25) is 0 Å². The molecule has 1 aliphatic heterocycles. The average Bonchev–Trinajstić information content (AvgIpc) is 3.58. The summed E-state index contributed by atoms with van der Waals surface area (Å²) in [6.07, 6.45) is 3.89. The smallest absolute Gasteiger partial charge is 0.258 e. The third kappa shape index (κ3) is 5.34. The monoisotopic (exact) mass is 487 g/mol. The number of nitrogens with zero attached hydrogens (tertiary/aromatic N) is 1. The molecule has 0 aromatic heterocycles. The van der Waals surface area contributed by atoms with Crippen molar-refractivity contribution in [1.29, 1.82) is 0 Å². The molecule has 36 heavy (non-hydrogen) atoms. The van der Waals surface area contributed by atoms with Crippen LogP contribution in [0.3, 0.4) is 0 Å². The summed E-state index contributed by atoms with van der Waals surface area (Å²) in [7, 11) is 3.24. The molecule has 0 N–H and O–H groups in total. The molecular weight excluding hydrogens is 454 g/mol. The number of amides is 1. The van der Waals surface area contributed by atoms with Crippen LogP contribution in [0.15, 0.2) is 66.7 Å². The molecule has 0 saturated carbocycles. The molecule has 0 spiro atoms. The van der Waals surface area contributed by atoms with E-state index in [1.54, 1.807) is 20.3 Å². The Labute approximate surface area is 212 Å². The Bertz CT molecular complexity index is 1180. The molecule has 6 nitrogen and oxygen atoms in total. The number of carbonyl (C=O) groups is 1. The molecule has 3 aromatic rings. The van der Waals surface area contributed by atoms with Crippen molar-refractivity contribution in [2.45, 2.75) is 44.4 Å². The Hall–Kier alpha value is -3.51. The standard InChI is InChI=1S/C30H33NO5/c1-33-27-12-6-5-11-26(27)30(32)31(20-24-10-7-15-35-24)19-21-13-14-28(29(16-21)34-2)36-25-17-22-8-3-4-9-23(22)18-25/h3-6,8-9,11-14,16,24-25H,7,10,15,17-20H2,1-2H3. The summed E-state index contributed by atoms with van der Waals surface area (Å²) >= 11 is 0. The molecule has 6 heteroatoms. The van der Waals surface area contributed by atoms with Crippen molar-refractivity contribution in [3.05, 3.63) is 89.0 Å². The van der Waals surface area contributed by atoms with Crippen LogP contribution in [-0.4, -0.2) is 50.4 Å². The van der Waals surface area contributed by atoms with Crippen molar-refractivity contribution >= 4 is 5.91 Å². The average molecular weight is 488 g/mol. The van der Waals surface area contributed by atoms with E-state index in [4.69, 9.17) is 18.9 Å². The van der Waals surface area contributed by atoms with Crippen molar-refractivity contribution < 1.29 is 23.7 Å². The fourth-order valence-electron chi connectivity index (χ4n) is 5.15. The molecule has 2 aliphatic rings.